The molecule has 0 saturated heterocycles. The second-order valence-electron chi connectivity index (χ2n) is 5.38. The fraction of sp³-hybridized carbons (Fsp3) is 0. The van der Waals surface area contributed by atoms with Gasteiger partial charge in [0.2, 0.25) is 0 Å². The molecular formula is C18H14N6O. The maximum Gasteiger partial charge on any atom is 0.257 e. The number of aromatic amines is 1. The first-order chi connectivity index (χ1) is 12.3. The lowest BCUT2D eigenvalue weighted by molar-refractivity contribution is 0.102. The van der Waals surface area contributed by atoms with Crippen LogP contribution in [-0.2, 0) is 0 Å². The third kappa shape index (κ3) is 3.16. The highest BCUT2D eigenvalue weighted by atomic mass is 16.1. The number of benzene rings is 1. The van der Waals surface area contributed by atoms with Gasteiger partial charge >= 0.3 is 0 Å². The number of imidazole rings is 1. The van der Waals surface area contributed by atoms with Crippen molar-refractivity contribution in [3.8, 4) is 17.1 Å². The third-order valence-corrected chi connectivity index (χ3v) is 3.71. The highest BCUT2D eigenvalue weighted by Crippen LogP contribution is 2.20. The summed E-state index contributed by atoms with van der Waals surface area (Å²) < 4.78 is 1.77. The van der Waals surface area contributed by atoms with E-state index >= 15 is 0 Å². The van der Waals surface area contributed by atoms with Crippen LogP contribution in [0.1, 0.15) is 10.4 Å². The first-order valence-electron chi connectivity index (χ1n) is 7.65. The van der Waals surface area contributed by atoms with Crippen molar-refractivity contribution >= 4 is 11.6 Å². The van der Waals surface area contributed by atoms with Gasteiger partial charge in [0.15, 0.2) is 0 Å². The molecule has 4 aromatic rings. The Morgan fingerprint density at radius 3 is 2.80 bits per heavy atom. The number of H-pyrrole nitrogens is 1. The second-order valence-corrected chi connectivity index (χ2v) is 5.38. The van der Waals surface area contributed by atoms with E-state index in [2.05, 4.69) is 25.5 Å². The smallest absolute Gasteiger partial charge is 0.257 e. The van der Waals surface area contributed by atoms with Crippen molar-refractivity contribution in [2.24, 2.45) is 0 Å². The van der Waals surface area contributed by atoms with Crippen molar-refractivity contribution in [1.82, 2.24) is 24.7 Å². The Hall–Kier alpha value is -3.74. The number of hydrogen-bond acceptors (Lipinski definition) is 4. The van der Waals surface area contributed by atoms with Crippen LogP contribution in [-0.4, -0.2) is 30.6 Å². The molecule has 2 N–H and O–H groups in total. The van der Waals surface area contributed by atoms with E-state index in [-0.39, 0.29) is 5.91 Å². The summed E-state index contributed by atoms with van der Waals surface area (Å²) in [5.41, 5.74) is 3.03. The van der Waals surface area contributed by atoms with E-state index in [9.17, 15) is 4.79 Å². The van der Waals surface area contributed by atoms with Crippen LogP contribution in [0.25, 0.3) is 17.1 Å². The maximum absolute atomic E-state index is 12.4. The number of carbonyl (C=O) groups excluding carboxylic acids is 1. The van der Waals surface area contributed by atoms with Gasteiger partial charge in [0, 0.05) is 36.0 Å². The van der Waals surface area contributed by atoms with Gasteiger partial charge in [-0.15, -0.1) is 0 Å². The summed E-state index contributed by atoms with van der Waals surface area (Å²) in [7, 11) is 0. The number of nitrogens with one attached hydrogen (secondary N) is 2. The maximum atomic E-state index is 12.4. The van der Waals surface area contributed by atoms with Gasteiger partial charge in [-0.1, -0.05) is 12.1 Å². The lowest BCUT2D eigenvalue weighted by Gasteiger charge is -2.07. The van der Waals surface area contributed by atoms with Gasteiger partial charge in [-0.3, -0.25) is 14.5 Å². The van der Waals surface area contributed by atoms with E-state index in [0.29, 0.717) is 17.1 Å². The largest absolute Gasteiger partial charge is 0.322 e. The number of pyridine rings is 1. The Labute approximate surface area is 143 Å². The zero-order chi connectivity index (χ0) is 17.1. The fourth-order valence-electron chi connectivity index (χ4n) is 2.45. The number of carbonyl (C=O) groups is 1. The minimum atomic E-state index is -0.216. The molecule has 7 nitrogen and oxygen atoms in total. The number of anilines is 1. The summed E-state index contributed by atoms with van der Waals surface area (Å²) in [5, 5.41) is 9.73. The zero-order valence-corrected chi connectivity index (χ0v) is 13.1. The van der Waals surface area contributed by atoms with Crippen LogP contribution < -0.4 is 5.32 Å². The molecule has 0 aliphatic carbocycles. The summed E-state index contributed by atoms with van der Waals surface area (Å²) in [4.78, 5) is 20.7. The predicted molar refractivity (Wildman–Crippen MR) is 93.3 cm³/mol. The lowest BCUT2D eigenvalue weighted by Crippen LogP contribution is -2.12. The van der Waals surface area contributed by atoms with Crippen LogP contribution in [0.4, 0.5) is 5.69 Å². The molecule has 1 amide bonds. The summed E-state index contributed by atoms with van der Waals surface area (Å²) in [5.74, 6) is 0.488. The van der Waals surface area contributed by atoms with E-state index < -0.39 is 0 Å². The second kappa shape index (κ2) is 6.40. The molecule has 0 unspecified atom stereocenters. The van der Waals surface area contributed by atoms with Gasteiger partial charge in [-0.2, -0.15) is 5.10 Å². The van der Waals surface area contributed by atoms with E-state index in [1.54, 1.807) is 47.8 Å². The summed E-state index contributed by atoms with van der Waals surface area (Å²) >= 11 is 0. The first kappa shape index (κ1) is 14.8. The van der Waals surface area contributed by atoms with Gasteiger partial charge in [0.05, 0.1) is 11.3 Å². The summed E-state index contributed by atoms with van der Waals surface area (Å²) in [6, 6.07) is 12.9. The van der Waals surface area contributed by atoms with Gasteiger partial charge in [0.1, 0.15) is 12.1 Å². The highest BCUT2D eigenvalue weighted by Gasteiger charge is 2.08. The molecule has 122 valence electrons. The van der Waals surface area contributed by atoms with Gasteiger partial charge < -0.3 is 5.32 Å². The number of hydrogen-bond donors (Lipinski definition) is 2. The van der Waals surface area contributed by atoms with Crippen LogP contribution in [0.3, 0.4) is 0 Å². The molecule has 0 spiro atoms. The van der Waals surface area contributed by atoms with Crippen LogP contribution >= 0.6 is 0 Å². The SMILES string of the molecule is O=C(Nc1cccc(-c2ccn[nH]2)c1)c1ccc(-n2ccnc2)nc1. The van der Waals surface area contributed by atoms with Crippen molar-refractivity contribution in [2.75, 3.05) is 5.32 Å². The molecule has 0 atom stereocenters. The molecule has 0 aliphatic heterocycles. The van der Waals surface area contributed by atoms with Gasteiger partial charge in [-0.05, 0) is 30.3 Å². The molecule has 7 heteroatoms. The number of amides is 1. The molecule has 0 fully saturated rings. The van der Waals surface area contributed by atoms with Crippen molar-refractivity contribution < 1.29 is 4.79 Å². The fourth-order valence-corrected chi connectivity index (χ4v) is 2.45. The quantitative estimate of drug-likeness (QED) is 0.602. The Kier molecular flexibility index (Phi) is 3.80. The normalized spacial score (nSPS) is 10.6. The average molecular weight is 330 g/mol. The van der Waals surface area contributed by atoms with Crippen LogP contribution in [0.5, 0.6) is 0 Å². The van der Waals surface area contributed by atoms with Gasteiger partial charge in [-0.25, -0.2) is 9.97 Å². The highest BCUT2D eigenvalue weighted by molar-refractivity contribution is 6.04. The molecular weight excluding hydrogens is 316 g/mol. The predicted octanol–water partition coefficient (Wildman–Crippen LogP) is 2.91. The lowest BCUT2D eigenvalue weighted by atomic mass is 10.1. The summed E-state index contributed by atoms with van der Waals surface area (Å²) in [6.45, 7) is 0. The number of aromatic nitrogens is 5. The van der Waals surface area contributed by atoms with E-state index in [1.807, 2.05) is 30.3 Å². The third-order valence-electron chi connectivity index (χ3n) is 3.71. The molecule has 0 saturated carbocycles. The Balaban J connectivity index is 1.51. The monoisotopic (exact) mass is 330 g/mol. The molecule has 1 aromatic carbocycles. The Morgan fingerprint density at radius 1 is 1.12 bits per heavy atom. The van der Waals surface area contributed by atoms with E-state index in [0.717, 1.165) is 11.3 Å². The first-order valence-corrected chi connectivity index (χ1v) is 7.65. The minimum absolute atomic E-state index is 0.216. The summed E-state index contributed by atoms with van der Waals surface area (Å²) in [6.07, 6.45) is 8.36. The van der Waals surface area contributed by atoms with E-state index in [4.69, 9.17) is 0 Å². The zero-order valence-electron chi connectivity index (χ0n) is 13.1. The number of nitrogens with zero attached hydrogens (tertiary/aromatic N) is 4. The number of rotatable bonds is 4. The van der Waals surface area contributed by atoms with Crippen molar-refractivity contribution in [3.05, 3.63) is 79.1 Å². The van der Waals surface area contributed by atoms with Crippen LogP contribution in [0, 0.1) is 0 Å². The molecule has 4 rings (SSSR count). The van der Waals surface area contributed by atoms with Crippen molar-refractivity contribution in [1.29, 1.82) is 0 Å². The standard InChI is InChI=1S/C18H14N6O/c25-18(14-4-5-17(20-11-14)24-9-8-19-12-24)22-15-3-1-2-13(10-15)16-6-7-21-23-16/h1-12H,(H,21,23)(H,22,25). The van der Waals surface area contributed by atoms with Crippen LogP contribution in [0.2, 0.25) is 0 Å². The topological polar surface area (TPSA) is 88.5 Å². The minimum Gasteiger partial charge on any atom is -0.322 e. The molecule has 3 aromatic heterocycles. The molecule has 25 heavy (non-hydrogen) atoms. The Bertz CT molecular complexity index is 975. The Morgan fingerprint density at radius 2 is 2.08 bits per heavy atom. The average Bonchev–Trinajstić information content (AvgIpc) is 3.36. The molecule has 0 bridgehead atoms. The van der Waals surface area contributed by atoms with E-state index in [1.165, 1.54) is 0 Å². The molecule has 0 radical (unpaired) electrons. The molecule has 0 aliphatic rings. The van der Waals surface area contributed by atoms with Crippen molar-refractivity contribution in [2.45, 2.75) is 0 Å². The molecule has 3 heterocycles. The van der Waals surface area contributed by atoms with Gasteiger partial charge in [0.25, 0.3) is 5.91 Å². The van der Waals surface area contributed by atoms with Crippen LogP contribution in [0.15, 0.2) is 73.6 Å². The van der Waals surface area contributed by atoms with Crippen molar-refractivity contribution in [3.63, 3.8) is 0 Å².